The Morgan fingerprint density at radius 1 is 1.11 bits per heavy atom. The Morgan fingerprint density at radius 2 is 1.81 bits per heavy atom. The number of hydrogen-bond donors (Lipinski definition) is 1. The van der Waals surface area contributed by atoms with Crippen molar-refractivity contribution in [3.05, 3.63) is 59.7 Å². The minimum Gasteiger partial charge on any atom is -0.478 e. The number of anilines is 1. The molecule has 3 aromatic rings. The minimum atomic E-state index is -0.991. The van der Waals surface area contributed by atoms with Crippen LogP contribution < -0.4 is 4.90 Å². The maximum Gasteiger partial charge on any atom is 0.338 e. The molecule has 0 radical (unpaired) electrons. The highest BCUT2D eigenvalue weighted by atomic mass is 16.4. The van der Waals surface area contributed by atoms with Gasteiger partial charge in [-0.05, 0) is 31.5 Å². The van der Waals surface area contributed by atoms with Gasteiger partial charge in [0.1, 0.15) is 5.52 Å². The Morgan fingerprint density at radius 3 is 2.48 bits per heavy atom. The molecule has 0 saturated carbocycles. The summed E-state index contributed by atoms with van der Waals surface area (Å²) in [4.78, 5) is 20.6. The first-order valence-corrected chi connectivity index (χ1v) is 9.20. The van der Waals surface area contributed by atoms with Crippen molar-refractivity contribution in [3.8, 4) is 0 Å². The second-order valence-corrected chi connectivity index (χ2v) is 7.24. The molecular weight excluding hydrogens is 342 g/mol. The molecule has 4 rings (SSSR count). The third-order valence-corrected chi connectivity index (χ3v) is 5.10. The number of nitrogens with zero attached hydrogens (tertiary/aromatic N) is 3. The normalized spacial score (nSPS) is 20.9. The monoisotopic (exact) mass is 365 g/mol. The Labute approximate surface area is 158 Å². The van der Waals surface area contributed by atoms with Crippen LogP contribution in [0.5, 0.6) is 0 Å². The van der Waals surface area contributed by atoms with Crippen LogP contribution in [0.25, 0.3) is 11.1 Å². The van der Waals surface area contributed by atoms with Gasteiger partial charge in [0, 0.05) is 31.7 Å². The fraction of sp³-hybridized carbons (Fsp3) is 0.333. The first-order chi connectivity index (χ1) is 13.0. The van der Waals surface area contributed by atoms with Crippen LogP contribution in [0.4, 0.5) is 6.01 Å². The summed E-state index contributed by atoms with van der Waals surface area (Å²) in [6.45, 7) is 7.01. The number of rotatable bonds is 4. The van der Waals surface area contributed by atoms with Crippen molar-refractivity contribution in [1.82, 2.24) is 9.88 Å². The van der Waals surface area contributed by atoms with Crippen LogP contribution in [0, 0.1) is 0 Å². The smallest absolute Gasteiger partial charge is 0.338 e. The quantitative estimate of drug-likeness (QED) is 0.761. The van der Waals surface area contributed by atoms with E-state index >= 15 is 0 Å². The summed E-state index contributed by atoms with van der Waals surface area (Å²) in [6.07, 6.45) is 0. The first kappa shape index (κ1) is 17.5. The van der Waals surface area contributed by atoms with Crippen molar-refractivity contribution in [1.29, 1.82) is 0 Å². The largest absolute Gasteiger partial charge is 0.478 e. The summed E-state index contributed by atoms with van der Waals surface area (Å²) in [6, 6.07) is 16.4. The molecule has 1 aliphatic rings. The summed E-state index contributed by atoms with van der Waals surface area (Å²) in [5.41, 5.74) is 2.39. The van der Waals surface area contributed by atoms with Crippen LogP contribution in [-0.2, 0) is 6.54 Å². The van der Waals surface area contributed by atoms with Crippen LogP contribution in [0.15, 0.2) is 52.9 Å². The molecule has 0 amide bonds. The number of oxazole rings is 1. The average Bonchev–Trinajstić information content (AvgIpc) is 3.05. The van der Waals surface area contributed by atoms with Gasteiger partial charge in [-0.15, -0.1) is 0 Å². The second-order valence-electron chi connectivity index (χ2n) is 7.24. The zero-order valence-electron chi connectivity index (χ0n) is 15.5. The van der Waals surface area contributed by atoms with Crippen LogP contribution in [-0.4, -0.2) is 46.1 Å². The molecule has 1 fully saturated rings. The highest BCUT2D eigenvalue weighted by Crippen LogP contribution is 2.29. The minimum absolute atomic E-state index is 0.172. The van der Waals surface area contributed by atoms with Crippen molar-refractivity contribution in [3.63, 3.8) is 0 Å². The van der Waals surface area contributed by atoms with E-state index in [1.54, 1.807) is 18.2 Å². The van der Waals surface area contributed by atoms with E-state index in [9.17, 15) is 9.90 Å². The van der Waals surface area contributed by atoms with E-state index in [2.05, 4.69) is 52.9 Å². The Bertz CT molecular complexity index is 942. The summed E-state index contributed by atoms with van der Waals surface area (Å²) in [7, 11) is 0. The van der Waals surface area contributed by atoms with Crippen LogP contribution >= 0.6 is 0 Å². The predicted octanol–water partition coefficient (Wildman–Crippen LogP) is 3.63. The number of hydrogen-bond acceptors (Lipinski definition) is 5. The molecule has 6 heteroatoms. The van der Waals surface area contributed by atoms with Crippen molar-refractivity contribution in [2.24, 2.45) is 0 Å². The van der Waals surface area contributed by atoms with E-state index < -0.39 is 5.97 Å². The van der Waals surface area contributed by atoms with Crippen LogP contribution in [0.1, 0.15) is 29.8 Å². The molecule has 0 bridgehead atoms. The fourth-order valence-corrected chi connectivity index (χ4v) is 4.00. The van der Waals surface area contributed by atoms with Crippen LogP contribution in [0.2, 0.25) is 0 Å². The zero-order valence-corrected chi connectivity index (χ0v) is 15.5. The summed E-state index contributed by atoms with van der Waals surface area (Å²) in [5.74, 6) is -0.991. The number of para-hydroxylation sites is 1. The lowest BCUT2D eigenvalue weighted by Crippen LogP contribution is -2.56. The maximum absolute atomic E-state index is 11.4. The van der Waals surface area contributed by atoms with E-state index in [0.717, 1.165) is 19.6 Å². The number of carboxylic acids is 1. The zero-order chi connectivity index (χ0) is 19.0. The van der Waals surface area contributed by atoms with E-state index in [1.807, 2.05) is 6.07 Å². The number of carboxylic acid groups (broad SMARTS) is 1. The fourth-order valence-electron chi connectivity index (χ4n) is 4.00. The predicted molar refractivity (Wildman–Crippen MR) is 104 cm³/mol. The third kappa shape index (κ3) is 3.40. The van der Waals surface area contributed by atoms with Gasteiger partial charge in [0.05, 0.1) is 5.56 Å². The van der Waals surface area contributed by atoms with Gasteiger partial charge >= 0.3 is 5.97 Å². The third-order valence-electron chi connectivity index (χ3n) is 5.10. The van der Waals surface area contributed by atoms with Crippen molar-refractivity contribution < 1.29 is 14.3 Å². The molecule has 6 nitrogen and oxygen atoms in total. The molecule has 140 valence electrons. The molecule has 0 spiro atoms. The number of piperazine rings is 1. The number of aromatic nitrogens is 1. The van der Waals surface area contributed by atoms with Gasteiger partial charge < -0.3 is 14.4 Å². The summed E-state index contributed by atoms with van der Waals surface area (Å²) in [5, 5.41) is 9.38. The Balaban J connectivity index is 1.57. The number of fused-ring (bicyclic) bond motifs is 1. The van der Waals surface area contributed by atoms with Crippen molar-refractivity contribution in [2.45, 2.75) is 32.5 Å². The van der Waals surface area contributed by atoms with Gasteiger partial charge in [-0.2, -0.15) is 4.98 Å². The average molecular weight is 365 g/mol. The SMILES string of the molecule is CC1CN(Cc2ccccc2)CC(C)N1c1nc2c(C(=O)O)cccc2o1. The molecule has 2 heterocycles. The van der Waals surface area contributed by atoms with E-state index in [0.29, 0.717) is 17.1 Å². The molecular formula is C21H23N3O3. The van der Waals surface area contributed by atoms with Gasteiger partial charge in [-0.1, -0.05) is 36.4 Å². The van der Waals surface area contributed by atoms with Gasteiger partial charge in [0.15, 0.2) is 5.58 Å². The van der Waals surface area contributed by atoms with Gasteiger partial charge in [0.25, 0.3) is 6.01 Å². The second kappa shape index (κ2) is 7.04. The molecule has 0 aliphatic carbocycles. The van der Waals surface area contributed by atoms with E-state index in [1.165, 1.54) is 5.56 Å². The molecule has 27 heavy (non-hydrogen) atoms. The Kier molecular flexibility index (Phi) is 4.58. The lowest BCUT2D eigenvalue weighted by molar-refractivity contribution is 0.0699. The molecule has 1 saturated heterocycles. The highest BCUT2D eigenvalue weighted by Gasteiger charge is 2.33. The van der Waals surface area contributed by atoms with E-state index in [-0.39, 0.29) is 17.6 Å². The highest BCUT2D eigenvalue weighted by molar-refractivity contribution is 6.00. The molecule has 2 aromatic carbocycles. The van der Waals surface area contributed by atoms with Crippen molar-refractivity contribution >= 4 is 23.1 Å². The number of carbonyl (C=O) groups is 1. The molecule has 2 atom stereocenters. The summed E-state index contributed by atoms with van der Waals surface area (Å²) < 4.78 is 5.93. The van der Waals surface area contributed by atoms with E-state index in [4.69, 9.17) is 4.42 Å². The van der Waals surface area contributed by atoms with Gasteiger partial charge in [0.2, 0.25) is 0 Å². The number of benzene rings is 2. The summed E-state index contributed by atoms with van der Waals surface area (Å²) >= 11 is 0. The maximum atomic E-state index is 11.4. The lowest BCUT2D eigenvalue weighted by Gasteiger charge is -2.43. The lowest BCUT2D eigenvalue weighted by atomic mass is 10.1. The van der Waals surface area contributed by atoms with Gasteiger partial charge in [-0.3, -0.25) is 4.90 Å². The number of aromatic carboxylic acids is 1. The van der Waals surface area contributed by atoms with Crippen molar-refractivity contribution in [2.75, 3.05) is 18.0 Å². The Hall–Kier alpha value is -2.86. The van der Waals surface area contributed by atoms with Crippen LogP contribution in [0.3, 0.4) is 0 Å². The standard InChI is InChI=1S/C21H23N3O3/c1-14-11-23(13-16-7-4-3-5-8-16)12-15(2)24(14)21-22-19-17(20(25)26)9-6-10-18(19)27-21/h3-10,14-15H,11-13H2,1-2H3,(H,25,26). The molecule has 1 aromatic heterocycles. The molecule has 1 N–H and O–H groups in total. The topological polar surface area (TPSA) is 69.8 Å². The molecule has 2 unspecified atom stereocenters. The van der Waals surface area contributed by atoms with Gasteiger partial charge in [-0.25, -0.2) is 4.79 Å². The molecule has 1 aliphatic heterocycles. The first-order valence-electron chi connectivity index (χ1n) is 9.20.